The van der Waals surface area contributed by atoms with Crippen molar-refractivity contribution in [1.29, 1.82) is 0 Å². The summed E-state index contributed by atoms with van der Waals surface area (Å²) in [6, 6.07) is 13.1. The Labute approximate surface area is 109 Å². The van der Waals surface area contributed by atoms with Crippen LogP contribution in [0.25, 0.3) is 11.1 Å². The molecule has 0 saturated carbocycles. The molecule has 3 rings (SSSR count). The summed E-state index contributed by atoms with van der Waals surface area (Å²) >= 11 is 0. The van der Waals surface area contributed by atoms with Crippen molar-refractivity contribution in [2.75, 3.05) is 6.54 Å². The van der Waals surface area contributed by atoms with Crippen LogP contribution in [0, 0.1) is 13.8 Å². The summed E-state index contributed by atoms with van der Waals surface area (Å²) < 4.78 is 0. The maximum atomic E-state index is 3.50. The van der Waals surface area contributed by atoms with Gasteiger partial charge in [0.15, 0.2) is 0 Å². The molecular weight excluding hydrogens is 218 g/mol. The summed E-state index contributed by atoms with van der Waals surface area (Å²) in [5, 5.41) is 3.50. The maximum absolute atomic E-state index is 3.50. The molecule has 2 aromatic rings. The molecule has 0 amide bonds. The van der Waals surface area contributed by atoms with Crippen molar-refractivity contribution in [3.63, 3.8) is 0 Å². The van der Waals surface area contributed by atoms with Crippen molar-refractivity contribution in [3.8, 4) is 11.1 Å². The van der Waals surface area contributed by atoms with Gasteiger partial charge in [-0.2, -0.15) is 0 Å². The Hall–Kier alpha value is -1.60. The van der Waals surface area contributed by atoms with Gasteiger partial charge in [0, 0.05) is 6.54 Å². The van der Waals surface area contributed by atoms with Crippen LogP contribution in [0.5, 0.6) is 0 Å². The largest absolute Gasteiger partial charge is 0.312 e. The lowest BCUT2D eigenvalue weighted by Gasteiger charge is -2.24. The minimum absolute atomic E-state index is 1.00. The second-order valence-corrected chi connectivity index (χ2v) is 5.12. The molecule has 0 fully saturated rings. The molecule has 0 saturated heterocycles. The Morgan fingerprint density at radius 1 is 1.06 bits per heavy atom. The molecule has 1 N–H and O–H groups in total. The van der Waals surface area contributed by atoms with E-state index in [1.807, 2.05) is 0 Å². The van der Waals surface area contributed by atoms with Gasteiger partial charge in [0.1, 0.15) is 0 Å². The summed E-state index contributed by atoms with van der Waals surface area (Å²) in [6.07, 6.45) is 1.15. The van der Waals surface area contributed by atoms with Gasteiger partial charge in [0.05, 0.1) is 0 Å². The number of hydrogen-bond donors (Lipinski definition) is 1. The summed E-state index contributed by atoms with van der Waals surface area (Å²) in [5.74, 6) is 0. The third kappa shape index (κ3) is 1.85. The van der Waals surface area contributed by atoms with Crippen LogP contribution in [0.1, 0.15) is 22.3 Å². The molecule has 1 heterocycles. The molecule has 0 bridgehead atoms. The Balaban J connectivity index is 2.27. The van der Waals surface area contributed by atoms with E-state index in [4.69, 9.17) is 0 Å². The molecule has 1 aliphatic heterocycles. The van der Waals surface area contributed by atoms with Crippen molar-refractivity contribution in [2.45, 2.75) is 26.8 Å². The quantitative estimate of drug-likeness (QED) is 0.799. The Morgan fingerprint density at radius 3 is 2.61 bits per heavy atom. The summed E-state index contributed by atoms with van der Waals surface area (Å²) in [7, 11) is 0. The third-order valence-corrected chi connectivity index (χ3v) is 3.98. The van der Waals surface area contributed by atoms with Gasteiger partial charge in [-0.05, 0) is 60.2 Å². The molecule has 1 heteroatoms. The van der Waals surface area contributed by atoms with Crippen LogP contribution < -0.4 is 5.32 Å². The topological polar surface area (TPSA) is 12.0 Å². The average molecular weight is 237 g/mol. The van der Waals surface area contributed by atoms with Crippen LogP contribution in [-0.2, 0) is 13.0 Å². The fourth-order valence-corrected chi connectivity index (χ4v) is 2.90. The highest BCUT2D eigenvalue weighted by atomic mass is 14.9. The number of fused-ring (bicyclic) bond motifs is 1. The predicted octanol–water partition coefficient (Wildman–Crippen LogP) is 3.62. The average Bonchev–Trinajstić information content (AvgIpc) is 2.41. The predicted molar refractivity (Wildman–Crippen MR) is 76.8 cm³/mol. The molecule has 0 aliphatic carbocycles. The zero-order chi connectivity index (χ0) is 12.5. The molecule has 0 spiro atoms. The van der Waals surface area contributed by atoms with Crippen LogP contribution >= 0.6 is 0 Å². The molecular formula is C17H19N. The van der Waals surface area contributed by atoms with Gasteiger partial charge in [0.2, 0.25) is 0 Å². The number of benzene rings is 2. The van der Waals surface area contributed by atoms with Gasteiger partial charge in [-0.3, -0.25) is 0 Å². The first kappa shape index (κ1) is 11.5. The van der Waals surface area contributed by atoms with E-state index in [2.05, 4.69) is 55.6 Å². The van der Waals surface area contributed by atoms with Crippen molar-refractivity contribution >= 4 is 0 Å². The highest BCUT2D eigenvalue weighted by Crippen LogP contribution is 2.33. The maximum Gasteiger partial charge on any atom is 0.0214 e. The highest BCUT2D eigenvalue weighted by Gasteiger charge is 2.17. The third-order valence-electron chi connectivity index (χ3n) is 3.98. The van der Waals surface area contributed by atoms with Crippen molar-refractivity contribution in [1.82, 2.24) is 5.32 Å². The van der Waals surface area contributed by atoms with Crippen LogP contribution in [0.15, 0.2) is 36.4 Å². The Morgan fingerprint density at radius 2 is 1.83 bits per heavy atom. The number of hydrogen-bond acceptors (Lipinski definition) is 1. The lowest BCUT2D eigenvalue weighted by molar-refractivity contribution is 0.644. The van der Waals surface area contributed by atoms with Crippen LogP contribution in [0.4, 0.5) is 0 Å². The second kappa shape index (κ2) is 4.58. The van der Waals surface area contributed by atoms with Gasteiger partial charge in [-0.25, -0.2) is 0 Å². The summed E-state index contributed by atoms with van der Waals surface area (Å²) in [6.45, 7) is 6.57. The Bertz CT molecular complexity index is 570. The van der Waals surface area contributed by atoms with Crippen LogP contribution in [0.2, 0.25) is 0 Å². The number of rotatable bonds is 1. The van der Waals surface area contributed by atoms with Gasteiger partial charge in [-0.15, -0.1) is 0 Å². The van der Waals surface area contributed by atoms with E-state index < -0.39 is 0 Å². The van der Waals surface area contributed by atoms with Gasteiger partial charge >= 0.3 is 0 Å². The smallest absolute Gasteiger partial charge is 0.0214 e. The lowest BCUT2D eigenvalue weighted by atomic mass is 9.86. The van der Waals surface area contributed by atoms with Crippen LogP contribution in [0.3, 0.4) is 0 Å². The van der Waals surface area contributed by atoms with Crippen molar-refractivity contribution < 1.29 is 0 Å². The molecule has 1 aliphatic rings. The summed E-state index contributed by atoms with van der Waals surface area (Å²) in [4.78, 5) is 0. The minimum atomic E-state index is 1.00. The van der Waals surface area contributed by atoms with Crippen molar-refractivity contribution in [3.05, 3.63) is 58.7 Å². The molecule has 18 heavy (non-hydrogen) atoms. The fourth-order valence-electron chi connectivity index (χ4n) is 2.90. The second-order valence-electron chi connectivity index (χ2n) is 5.12. The van der Waals surface area contributed by atoms with Crippen molar-refractivity contribution in [2.24, 2.45) is 0 Å². The number of nitrogens with one attached hydrogen (secondary N) is 1. The molecule has 0 aromatic heterocycles. The van der Waals surface area contributed by atoms with E-state index >= 15 is 0 Å². The molecule has 2 aromatic carbocycles. The fraction of sp³-hybridized carbons (Fsp3) is 0.294. The van der Waals surface area contributed by atoms with E-state index in [9.17, 15) is 0 Å². The van der Waals surface area contributed by atoms with E-state index in [1.54, 1.807) is 0 Å². The first-order valence-corrected chi connectivity index (χ1v) is 6.65. The van der Waals surface area contributed by atoms with Gasteiger partial charge in [0.25, 0.3) is 0 Å². The molecule has 92 valence electrons. The zero-order valence-electron chi connectivity index (χ0n) is 11.1. The zero-order valence-corrected chi connectivity index (χ0v) is 11.1. The first-order valence-electron chi connectivity index (χ1n) is 6.65. The normalized spacial score (nSPS) is 14.3. The molecule has 0 unspecified atom stereocenters. The SMILES string of the molecule is Cc1cc2c(c(-c3ccccc3)c1C)CNCC2. The lowest BCUT2D eigenvalue weighted by Crippen LogP contribution is -2.24. The van der Waals surface area contributed by atoms with E-state index in [-0.39, 0.29) is 0 Å². The number of aryl methyl sites for hydroxylation is 1. The first-order chi connectivity index (χ1) is 8.77. The van der Waals surface area contributed by atoms with Gasteiger partial charge in [-0.1, -0.05) is 36.4 Å². The highest BCUT2D eigenvalue weighted by molar-refractivity contribution is 5.74. The monoisotopic (exact) mass is 237 g/mol. The molecule has 1 nitrogen and oxygen atoms in total. The molecule has 0 radical (unpaired) electrons. The van der Waals surface area contributed by atoms with E-state index in [0.29, 0.717) is 0 Å². The van der Waals surface area contributed by atoms with E-state index in [0.717, 1.165) is 19.5 Å². The van der Waals surface area contributed by atoms with E-state index in [1.165, 1.54) is 33.4 Å². The van der Waals surface area contributed by atoms with Gasteiger partial charge < -0.3 is 5.32 Å². The van der Waals surface area contributed by atoms with Crippen LogP contribution in [-0.4, -0.2) is 6.54 Å². The molecule has 0 atom stereocenters. The standard InChI is InChI=1S/C17H19N/c1-12-10-15-8-9-18-11-16(15)17(13(12)2)14-6-4-3-5-7-14/h3-7,10,18H,8-9,11H2,1-2H3. The minimum Gasteiger partial charge on any atom is -0.312 e. The summed E-state index contributed by atoms with van der Waals surface area (Å²) in [5.41, 5.74) is 8.64. The Kier molecular flexibility index (Phi) is 2.92.